The summed E-state index contributed by atoms with van der Waals surface area (Å²) < 4.78 is 1.94. The fraction of sp³-hybridized carbons (Fsp3) is 0.167. The molecule has 30 heavy (non-hydrogen) atoms. The summed E-state index contributed by atoms with van der Waals surface area (Å²) in [5, 5.41) is 6.13. The minimum absolute atomic E-state index is 0. The van der Waals surface area contributed by atoms with E-state index in [1.807, 2.05) is 80.7 Å². The second kappa shape index (κ2) is 11.4. The smallest absolute Gasteiger partial charge is 0.560 e. The molecule has 0 saturated carbocycles. The van der Waals surface area contributed by atoms with Crippen molar-refractivity contribution in [3.8, 4) is 0 Å². The van der Waals surface area contributed by atoms with Gasteiger partial charge in [0, 0.05) is 17.3 Å². The van der Waals surface area contributed by atoms with E-state index in [0.717, 1.165) is 28.1 Å². The second-order valence-corrected chi connectivity index (χ2v) is 6.97. The normalized spacial score (nSPS) is 14.8. The number of benzene rings is 2. The van der Waals surface area contributed by atoms with E-state index in [-0.39, 0.29) is 63.3 Å². The second-order valence-electron chi connectivity index (χ2n) is 6.97. The van der Waals surface area contributed by atoms with Gasteiger partial charge in [0.25, 0.3) is 5.91 Å². The minimum atomic E-state index is -0.137. The van der Waals surface area contributed by atoms with Crippen LogP contribution in [0.5, 0.6) is 0 Å². The third-order valence-electron chi connectivity index (χ3n) is 4.65. The van der Waals surface area contributed by atoms with Crippen molar-refractivity contribution >= 4 is 29.6 Å². The van der Waals surface area contributed by atoms with Crippen LogP contribution in [0, 0.1) is 19.7 Å². The number of nitrogens with zero attached hydrogens (tertiary/aromatic N) is 2. The molecule has 0 radical (unpaired) electrons. The van der Waals surface area contributed by atoms with E-state index in [1.54, 1.807) is 12.3 Å². The fourth-order valence-electron chi connectivity index (χ4n) is 2.96. The number of hydrogen-bond donors (Lipinski definition) is 2. The molecule has 0 spiro atoms. The van der Waals surface area contributed by atoms with Gasteiger partial charge in [0.05, 0.1) is 18.5 Å². The summed E-state index contributed by atoms with van der Waals surface area (Å²) in [6.07, 6.45) is 8.32. The Morgan fingerprint density at radius 2 is 2.07 bits per heavy atom. The van der Waals surface area contributed by atoms with Crippen LogP contribution in [0.2, 0.25) is 0 Å². The third-order valence-corrected chi connectivity index (χ3v) is 4.65. The summed E-state index contributed by atoms with van der Waals surface area (Å²) >= 11 is 0. The minimum Gasteiger partial charge on any atom is -0.560 e. The van der Waals surface area contributed by atoms with Gasteiger partial charge in [0.2, 0.25) is 0 Å². The number of aliphatic imine (C=N–C) groups is 1. The van der Waals surface area contributed by atoms with Crippen LogP contribution in [0.4, 0.5) is 5.69 Å². The zero-order chi connectivity index (χ0) is 20.8. The Morgan fingerprint density at radius 1 is 1.30 bits per heavy atom. The maximum Gasteiger partial charge on any atom is 1.00 e. The van der Waals surface area contributed by atoms with Crippen molar-refractivity contribution < 1.29 is 60.8 Å². The maximum absolute atomic E-state index is 12.6. The van der Waals surface area contributed by atoms with Crippen LogP contribution in [-0.2, 0) is 0 Å². The quantitative estimate of drug-likeness (QED) is 0.303. The molecule has 0 aliphatic carbocycles. The Labute approximate surface area is 221 Å². The average molecular weight is 425 g/mol. The summed E-state index contributed by atoms with van der Waals surface area (Å²) in [7, 11) is 1.95. The Morgan fingerprint density at radius 3 is 2.73 bits per heavy atom. The number of hydrogen-bond acceptors (Lipinski definition) is 3. The van der Waals surface area contributed by atoms with Crippen molar-refractivity contribution in [1.82, 2.24) is 5.32 Å². The first-order valence-electron chi connectivity index (χ1n) is 9.43. The first-order valence-corrected chi connectivity index (χ1v) is 9.43. The summed E-state index contributed by atoms with van der Waals surface area (Å²) in [6.45, 7) is 9.71. The molecule has 2 aromatic carbocycles. The van der Waals surface area contributed by atoms with Gasteiger partial charge in [0.15, 0.2) is 0 Å². The summed E-state index contributed by atoms with van der Waals surface area (Å²) in [5.41, 5.74) is 5.37. The van der Waals surface area contributed by atoms with Gasteiger partial charge in [-0.15, -0.1) is 6.20 Å². The Hall–Kier alpha value is -1.96. The zero-order valence-corrected chi connectivity index (χ0v) is 21.1. The molecule has 2 N–H and O–H groups in total. The monoisotopic (exact) mass is 424 g/mol. The SMILES string of the molecule is C=Cc1ccc(C(=O)Nc2cccc(C(C)N[C-]=CN=C3C=[N+](C)[CH-]3)c2)cc1C.[K+]. The molecule has 1 atom stereocenters. The number of amides is 1. The van der Waals surface area contributed by atoms with Gasteiger partial charge in [-0.05, 0) is 54.8 Å². The summed E-state index contributed by atoms with van der Waals surface area (Å²) in [4.78, 5) is 16.8. The Balaban J connectivity index is 0.00000320. The van der Waals surface area contributed by atoms with Gasteiger partial charge < -0.3 is 26.4 Å². The van der Waals surface area contributed by atoms with Crippen molar-refractivity contribution in [2.75, 3.05) is 12.4 Å². The number of carbonyl (C=O) groups excluding carboxylic acids is 1. The predicted molar refractivity (Wildman–Crippen MR) is 119 cm³/mol. The molecule has 1 amide bonds. The molecule has 5 nitrogen and oxygen atoms in total. The van der Waals surface area contributed by atoms with Crippen LogP contribution in [0.15, 0.2) is 60.2 Å². The fourth-order valence-corrected chi connectivity index (χ4v) is 2.96. The van der Waals surface area contributed by atoms with Gasteiger partial charge in [-0.3, -0.25) is 4.79 Å². The largest absolute Gasteiger partial charge is 1.00 e. The topological polar surface area (TPSA) is 56.5 Å². The van der Waals surface area contributed by atoms with Crippen molar-refractivity contribution in [2.24, 2.45) is 4.99 Å². The number of rotatable bonds is 7. The number of nitrogens with one attached hydrogen (secondary N) is 2. The van der Waals surface area contributed by atoms with Crippen molar-refractivity contribution in [2.45, 2.75) is 19.9 Å². The number of anilines is 1. The molecule has 1 unspecified atom stereocenters. The van der Waals surface area contributed by atoms with Crippen molar-refractivity contribution in [1.29, 1.82) is 0 Å². The molecular weight excluding hydrogens is 399 g/mol. The molecule has 0 saturated heterocycles. The number of carbonyl (C=O) groups is 1. The molecule has 0 bridgehead atoms. The first-order chi connectivity index (χ1) is 14.0. The molecule has 2 aromatic rings. The molecule has 3 rings (SSSR count). The van der Waals surface area contributed by atoms with Crippen LogP contribution in [-0.4, -0.2) is 29.5 Å². The van der Waals surface area contributed by atoms with E-state index in [9.17, 15) is 4.79 Å². The average Bonchev–Trinajstić information content (AvgIpc) is 2.69. The first kappa shape index (κ1) is 24.3. The van der Waals surface area contributed by atoms with Crippen molar-refractivity contribution in [3.05, 3.63) is 90.2 Å². The number of aryl methyl sites for hydroxylation is 1. The van der Waals surface area contributed by atoms with Crippen LogP contribution >= 0.6 is 0 Å². The van der Waals surface area contributed by atoms with Crippen LogP contribution < -0.4 is 62.0 Å². The molecule has 1 aliphatic rings. The van der Waals surface area contributed by atoms with E-state index >= 15 is 0 Å². The predicted octanol–water partition coefficient (Wildman–Crippen LogP) is 1.15. The van der Waals surface area contributed by atoms with Crippen molar-refractivity contribution in [3.63, 3.8) is 0 Å². The van der Waals surface area contributed by atoms with Crippen LogP contribution in [0.1, 0.15) is 40.0 Å². The van der Waals surface area contributed by atoms with Gasteiger partial charge in [-0.25, -0.2) is 0 Å². The standard InChI is InChI=1S/C24H25N4O.K/c1-5-19-9-10-21(13-17(19)2)24(29)27-22-8-6-7-20(14-22)18(3)25-11-12-26-23-15-28(4)16-23;/h5-10,12-16,18,25H,1H2,2-4H3,(H,27,29);/q-1;+1. The summed E-state index contributed by atoms with van der Waals surface area (Å²) in [6, 6.07) is 13.4. The van der Waals surface area contributed by atoms with E-state index in [0.29, 0.717) is 5.56 Å². The maximum atomic E-state index is 12.6. The van der Waals surface area contributed by atoms with Crippen LogP contribution in [0.25, 0.3) is 6.08 Å². The van der Waals surface area contributed by atoms with E-state index < -0.39 is 0 Å². The van der Waals surface area contributed by atoms with E-state index in [4.69, 9.17) is 0 Å². The van der Waals surface area contributed by atoms with Gasteiger partial charge in [-0.2, -0.15) is 0 Å². The molecule has 6 heteroatoms. The Bertz CT molecular complexity index is 1020. The van der Waals surface area contributed by atoms with E-state index in [2.05, 4.69) is 28.4 Å². The Kier molecular flexibility index (Phi) is 9.26. The zero-order valence-electron chi connectivity index (χ0n) is 17.9. The molecule has 148 valence electrons. The molecule has 1 heterocycles. The van der Waals surface area contributed by atoms with E-state index in [1.165, 1.54) is 0 Å². The van der Waals surface area contributed by atoms with Gasteiger partial charge in [0.1, 0.15) is 7.05 Å². The van der Waals surface area contributed by atoms with Gasteiger partial charge in [-0.1, -0.05) is 30.9 Å². The third kappa shape index (κ3) is 6.52. The van der Waals surface area contributed by atoms with Crippen LogP contribution in [0.3, 0.4) is 0 Å². The molecule has 1 aliphatic heterocycles. The molecule has 0 fully saturated rings. The van der Waals surface area contributed by atoms with Gasteiger partial charge >= 0.3 is 51.4 Å². The molecular formula is C24H25KN4O. The molecule has 0 aromatic heterocycles. The summed E-state index contributed by atoms with van der Waals surface area (Å²) in [5.74, 6) is -0.137.